The number of aryl methyl sites for hydroxylation is 1. The summed E-state index contributed by atoms with van der Waals surface area (Å²) in [5, 5.41) is 3.30. The number of ether oxygens (including phenoxy) is 1. The first-order valence-electron chi connectivity index (χ1n) is 10.6. The van der Waals surface area contributed by atoms with Gasteiger partial charge in [0.15, 0.2) is 15.0 Å². The Morgan fingerprint density at radius 1 is 1.18 bits per heavy atom. The van der Waals surface area contributed by atoms with Crippen LogP contribution in [0.15, 0.2) is 53.5 Å². The Bertz CT molecular complexity index is 1210. The van der Waals surface area contributed by atoms with Crippen LogP contribution >= 0.6 is 11.8 Å². The second kappa shape index (κ2) is 9.56. The highest BCUT2D eigenvalue weighted by Gasteiger charge is 2.44. The van der Waals surface area contributed by atoms with E-state index in [-0.39, 0.29) is 47.4 Å². The lowest BCUT2D eigenvalue weighted by atomic mass is 10.1. The summed E-state index contributed by atoms with van der Waals surface area (Å²) in [6.07, 6.45) is 0. The smallest absolute Gasteiger partial charge is 0.340 e. The number of aliphatic imine (C=N–C) groups is 1. The van der Waals surface area contributed by atoms with E-state index in [0.29, 0.717) is 10.9 Å². The molecular formula is C23H25N3O5S2. The van der Waals surface area contributed by atoms with Crippen LogP contribution in [-0.4, -0.2) is 61.4 Å². The lowest BCUT2D eigenvalue weighted by molar-refractivity contribution is -0.114. The minimum atomic E-state index is -3.08. The number of thioether (sulfide) groups is 1. The van der Waals surface area contributed by atoms with Crippen molar-refractivity contribution in [2.75, 3.05) is 34.9 Å². The monoisotopic (exact) mass is 487 g/mol. The molecule has 2 heterocycles. The molecule has 0 aromatic heterocycles. The molecule has 1 saturated heterocycles. The van der Waals surface area contributed by atoms with E-state index in [9.17, 15) is 18.0 Å². The number of hydrogen-bond acceptors (Lipinski definition) is 8. The fourth-order valence-electron chi connectivity index (χ4n) is 3.85. The number of rotatable bonds is 6. The van der Waals surface area contributed by atoms with Crippen molar-refractivity contribution in [3.05, 3.63) is 59.7 Å². The van der Waals surface area contributed by atoms with Crippen molar-refractivity contribution in [1.82, 2.24) is 0 Å². The van der Waals surface area contributed by atoms with Crippen molar-refractivity contribution in [2.45, 2.75) is 25.1 Å². The van der Waals surface area contributed by atoms with Crippen molar-refractivity contribution in [3.63, 3.8) is 0 Å². The van der Waals surface area contributed by atoms with Crippen LogP contribution in [0.4, 0.5) is 11.4 Å². The SMILES string of the molecule is CCOC(=O)c1ccccc1NC(=O)CN(C1=N[C@@H]2CS(=O)(=O)C[C@H]2S1)c1cccc(C)c1. The molecule has 2 aromatic rings. The standard InChI is InChI=1S/C23H25N3O5S2/c1-3-31-22(28)17-9-4-5-10-18(17)24-21(27)12-26(16-8-6-7-15(2)11-16)23-25-19-13-33(29,30)14-20(19)32-23/h4-11,19-20H,3,12-14H2,1-2H3,(H,24,27)/t19-,20-/m1/s1. The van der Waals surface area contributed by atoms with E-state index in [1.165, 1.54) is 11.8 Å². The maximum Gasteiger partial charge on any atom is 0.340 e. The predicted octanol–water partition coefficient (Wildman–Crippen LogP) is 2.89. The van der Waals surface area contributed by atoms with E-state index in [1.54, 1.807) is 36.1 Å². The lowest BCUT2D eigenvalue weighted by Gasteiger charge is -2.24. The Labute approximate surface area is 197 Å². The third-order valence-corrected chi connectivity index (χ3v) is 8.60. The van der Waals surface area contributed by atoms with Gasteiger partial charge in [-0.2, -0.15) is 0 Å². The molecule has 2 aromatic carbocycles. The quantitative estimate of drug-likeness (QED) is 0.625. The topological polar surface area (TPSA) is 105 Å². The minimum Gasteiger partial charge on any atom is -0.462 e. The van der Waals surface area contributed by atoms with Crippen LogP contribution in [-0.2, 0) is 19.4 Å². The Morgan fingerprint density at radius 3 is 2.70 bits per heavy atom. The largest absolute Gasteiger partial charge is 0.462 e. The molecule has 0 spiro atoms. The van der Waals surface area contributed by atoms with Gasteiger partial charge >= 0.3 is 5.97 Å². The van der Waals surface area contributed by atoms with Gasteiger partial charge in [0.2, 0.25) is 5.91 Å². The molecule has 2 atom stereocenters. The molecule has 0 aliphatic carbocycles. The van der Waals surface area contributed by atoms with Crippen LogP contribution in [0.5, 0.6) is 0 Å². The molecule has 33 heavy (non-hydrogen) atoms. The van der Waals surface area contributed by atoms with E-state index >= 15 is 0 Å². The highest BCUT2D eigenvalue weighted by Crippen LogP contribution is 2.37. The number of sulfone groups is 1. The number of amides is 1. The Kier molecular flexibility index (Phi) is 6.76. The Balaban J connectivity index is 1.57. The van der Waals surface area contributed by atoms with E-state index in [2.05, 4.69) is 10.3 Å². The summed E-state index contributed by atoms with van der Waals surface area (Å²) in [6.45, 7) is 3.87. The molecule has 10 heteroatoms. The molecule has 1 amide bonds. The summed E-state index contributed by atoms with van der Waals surface area (Å²) in [5.41, 5.74) is 2.46. The maximum atomic E-state index is 13.1. The molecule has 0 unspecified atom stereocenters. The first-order valence-corrected chi connectivity index (χ1v) is 13.3. The van der Waals surface area contributed by atoms with Gasteiger partial charge in [0.25, 0.3) is 0 Å². The number of nitrogens with one attached hydrogen (secondary N) is 1. The van der Waals surface area contributed by atoms with Gasteiger partial charge in [-0.3, -0.25) is 9.79 Å². The normalized spacial score (nSPS) is 20.6. The average Bonchev–Trinajstić information content (AvgIpc) is 3.26. The molecule has 2 aliphatic rings. The average molecular weight is 488 g/mol. The third-order valence-electron chi connectivity index (χ3n) is 5.35. The number of esters is 1. The van der Waals surface area contributed by atoms with Crippen LogP contribution in [0.1, 0.15) is 22.8 Å². The highest BCUT2D eigenvalue weighted by atomic mass is 32.2. The molecule has 0 saturated carbocycles. The zero-order valence-corrected chi connectivity index (χ0v) is 20.0. The first kappa shape index (κ1) is 23.3. The van der Waals surface area contributed by atoms with Crippen LogP contribution in [0.25, 0.3) is 0 Å². The van der Waals surface area contributed by atoms with Gasteiger partial charge in [-0.15, -0.1) is 0 Å². The van der Waals surface area contributed by atoms with Crippen LogP contribution in [0, 0.1) is 6.92 Å². The second-order valence-corrected chi connectivity index (χ2v) is 11.3. The van der Waals surface area contributed by atoms with E-state index < -0.39 is 15.8 Å². The van der Waals surface area contributed by atoms with Crippen molar-refractivity contribution in [3.8, 4) is 0 Å². The van der Waals surface area contributed by atoms with Gasteiger partial charge in [0.05, 0.1) is 35.4 Å². The summed E-state index contributed by atoms with van der Waals surface area (Å²) in [6, 6.07) is 14.1. The summed E-state index contributed by atoms with van der Waals surface area (Å²) in [7, 11) is -3.08. The Morgan fingerprint density at radius 2 is 1.97 bits per heavy atom. The molecule has 4 rings (SSSR count). The fraction of sp³-hybridized carbons (Fsp3) is 0.348. The van der Waals surface area contributed by atoms with Crippen molar-refractivity contribution >= 4 is 50.0 Å². The Hall–Kier alpha value is -2.85. The number of para-hydroxylation sites is 1. The third kappa shape index (κ3) is 5.39. The van der Waals surface area contributed by atoms with Crippen molar-refractivity contribution < 1.29 is 22.7 Å². The van der Waals surface area contributed by atoms with Crippen LogP contribution in [0.2, 0.25) is 0 Å². The van der Waals surface area contributed by atoms with Gasteiger partial charge in [-0.1, -0.05) is 36.0 Å². The highest BCUT2D eigenvalue weighted by molar-refractivity contribution is 8.15. The van der Waals surface area contributed by atoms with Gasteiger partial charge in [0.1, 0.15) is 6.54 Å². The second-order valence-electron chi connectivity index (χ2n) is 7.95. The first-order chi connectivity index (χ1) is 15.8. The number of nitrogens with zero attached hydrogens (tertiary/aromatic N) is 2. The molecule has 1 N–H and O–H groups in total. The molecule has 1 fully saturated rings. The number of carbonyl (C=O) groups excluding carboxylic acids is 2. The summed E-state index contributed by atoms with van der Waals surface area (Å²) < 4.78 is 29.0. The zero-order chi connectivity index (χ0) is 23.6. The number of carbonyl (C=O) groups is 2. The van der Waals surface area contributed by atoms with Gasteiger partial charge in [-0.25, -0.2) is 13.2 Å². The van der Waals surface area contributed by atoms with Crippen LogP contribution < -0.4 is 10.2 Å². The van der Waals surface area contributed by atoms with Gasteiger partial charge in [0, 0.05) is 10.9 Å². The number of amidine groups is 1. The lowest BCUT2D eigenvalue weighted by Crippen LogP contribution is -2.37. The number of benzene rings is 2. The summed E-state index contributed by atoms with van der Waals surface area (Å²) >= 11 is 1.40. The molecule has 0 radical (unpaired) electrons. The summed E-state index contributed by atoms with van der Waals surface area (Å²) in [5.74, 6) is -0.708. The fourth-order valence-corrected chi connectivity index (χ4v) is 7.63. The van der Waals surface area contributed by atoms with Crippen molar-refractivity contribution in [1.29, 1.82) is 0 Å². The van der Waals surface area contributed by atoms with E-state index in [1.807, 2.05) is 31.2 Å². The molecule has 174 valence electrons. The molecule has 0 bridgehead atoms. The van der Waals surface area contributed by atoms with Gasteiger partial charge < -0.3 is 15.0 Å². The van der Waals surface area contributed by atoms with Crippen LogP contribution in [0.3, 0.4) is 0 Å². The summed E-state index contributed by atoms with van der Waals surface area (Å²) in [4.78, 5) is 31.8. The zero-order valence-electron chi connectivity index (χ0n) is 18.4. The van der Waals surface area contributed by atoms with E-state index in [4.69, 9.17) is 4.74 Å². The maximum absolute atomic E-state index is 13.1. The number of hydrogen-bond donors (Lipinski definition) is 1. The molecular weight excluding hydrogens is 462 g/mol. The van der Waals surface area contributed by atoms with Gasteiger partial charge in [-0.05, 0) is 43.7 Å². The predicted molar refractivity (Wildman–Crippen MR) is 131 cm³/mol. The molecule has 8 nitrogen and oxygen atoms in total. The van der Waals surface area contributed by atoms with Crippen molar-refractivity contribution in [2.24, 2.45) is 4.99 Å². The van der Waals surface area contributed by atoms with E-state index in [0.717, 1.165) is 11.3 Å². The number of fused-ring (bicyclic) bond motifs is 1. The minimum absolute atomic E-state index is 0.0366. The molecule has 2 aliphatic heterocycles. The number of anilines is 2.